The Morgan fingerprint density at radius 3 is 2.60 bits per heavy atom. The molecule has 0 unspecified atom stereocenters. The second-order valence-corrected chi connectivity index (χ2v) is 1.96. The van der Waals surface area contributed by atoms with Gasteiger partial charge in [0, 0.05) is 5.39 Å². The van der Waals surface area contributed by atoms with E-state index in [0.717, 1.165) is 11.0 Å². The molecule has 1 heterocycles. The third-order valence-corrected chi connectivity index (χ3v) is 1.36. The first-order valence-electron chi connectivity index (χ1n) is 2.89. The molecule has 1 aromatic heterocycles. The Kier molecular flexibility index (Phi) is 1.73. The molecule has 0 bridgehead atoms. The van der Waals surface area contributed by atoms with Gasteiger partial charge >= 0.3 is 0 Å². The van der Waals surface area contributed by atoms with Crippen molar-refractivity contribution in [1.29, 1.82) is 0 Å². The lowest BCUT2D eigenvalue weighted by Gasteiger charge is -1.81. The van der Waals surface area contributed by atoms with Crippen molar-refractivity contribution in [3.63, 3.8) is 0 Å². The van der Waals surface area contributed by atoms with Crippen LogP contribution in [0.4, 0.5) is 0 Å². The Hall–Kier alpha value is -1.28. The van der Waals surface area contributed by atoms with Crippen LogP contribution in [-0.4, -0.2) is 5.48 Å². The predicted octanol–water partition coefficient (Wildman–Crippen LogP) is 1.61. The van der Waals surface area contributed by atoms with Crippen molar-refractivity contribution in [3.8, 4) is 0 Å². The number of hydrogen-bond acceptors (Lipinski definition) is 1. The molecule has 2 aromatic rings. The largest absolute Gasteiger partial charge is 0.464 e. The Bertz CT molecular complexity index is 281. The number of fused-ring (bicyclic) bond motifs is 1. The van der Waals surface area contributed by atoms with Crippen molar-refractivity contribution in [3.05, 3.63) is 36.6 Å². The highest BCUT2D eigenvalue weighted by Crippen LogP contribution is 2.12. The first-order chi connectivity index (χ1) is 4.47. The molecular weight excluding hydrogens is 128 g/mol. The fraction of sp³-hybridized carbons (Fsp3) is 0. The van der Waals surface area contributed by atoms with Crippen LogP contribution in [0.1, 0.15) is 0 Å². The summed E-state index contributed by atoms with van der Waals surface area (Å²) in [6.07, 6.45) is 1.70. The Balaban J connectivity index is 0.000000500. The first kappa shape index (κ1) is 6.83. The smallest absolute Gasteiger partial charge is 0.133 e. The summed E-state index contributed by atoms with van der Waals surface area (Å²) in [4.78, 5) is 0. The van der Waals surface area contributed by atoms with E-state index < -0.39 is 0 Å². The lowest BCUT2D eigenvalue weighted by Crippen LogP contribution is -1.57. The molecule has 0 aliphatic carbocycles. The van der Waals surface area contributed by atoms with E-state index in [1.165, 1.54) is 0 Å². The van der Waals surface area contributed by atoms with Gasteiger partial charge in [0.25, 0.3) is 0 Å². The fourth-order valence-electron chi connectivity index (χ4n) is 0.906. The van der Waals surface area contributed by atoms with Gasteiger partial charge in [-0.2, -0.15) is 0 Å². The van der Waals surface area contributed by atoms with E-state index in [-0.39, 0.29) is 5.48 Å². The molecule has 1 aromatic carbocycles. The number of benzene rings is 1. The Morgan fingerprint density at radius 2 is 1.80 bits per heavy atom. The zero-order valence-corrected chi connectivity index (χ0v) is 5.37. The maximum absolute atomic E-state index is 5.12. The molecule has 2 heteroatoms. The van der Waals surface area contributed by atoms with Crippen LogP contribution < -0.4 is 0 Å². The van der Waals surface area contributed by atoms with Gasteiger partial charge in [-0.1, -0.05) is 18.2 Å². The topological polar surface area (TPSA) is 44.6 Å². The quantitative estimate of drug-likeness (QED) is 0.542. The summed E-state index contributed by atoms with van der Waals surface area (Å²) in [6.45, 7) is 0. The van der Waals surface area contributed by atoms with Gasteiger partial charge in [-0.25, -0.2) is 0 Å². The van der Waals surface area contributed by atoms with E-state index >= 15 is 0 Å². The van der Waals surface area contributed by atoms with E-state index in [1.54, 1.807) is 6.26 Å². The third kappa shape index (κ3) is 0.890. The second-order valence-electron chi connectivity index (χ2n) is 1.96. The average Bonchev–Trinajstić information content (AvgIpc) is 2.33. The van der Waals surface area contributed by atoms with Gasteiger partial charge < -0.3 is 9.89 Å². The molecule has 2 nitrogen and oxygen atoms in total. The number of furan rings is 1. The first-order valence-corrected chi connectivity index (χ1v) is 2.89. The number of para-hydroxylation sites is 1. The summed E-state index contributed by atoms with van der Waals surface area (Å²) < 4.78 is 5.12. The van der Waals surface area contributed by atoms with Gasteiger partial charge in [-0.3, -0.25) is 0 Å². The highest BCUT2D eigenvalue weighted by Gasteiger charge is 1.89. The van der Waals surface area contributed by atoms with Crippen LogP contribution in [0.15, 0.2) is 41.0 Å². The van der Waals surface area contributed by atoms with Gasteiger partial charge in [0.2, 0.25) is 0 Å². The van der Waals surface area contributed by atoms with Gasteiger partial charge in [0.05, 0.1) is 6.26 Å². The second kappa shape index (κ2) is 2.54. The molecule has 2 rings (SSSR count). The molecule has 0 amide bonds. The Morgan fingerprint density at radius 1 is 1.00 bits per heavy atom. The van der Waals surface area contributed by atoms with Crippen LogP contribution in [0.2, 0.25) is 0 Å². The summed E-state index contributed by atoms with van der Waals surface area (Å²) >= 11 is 0. The van der Waals surface area contributed by atoms with Crippen molar-refractivity contribution < 1.29 is 9.89 Å². The van der Waals surface area contributed by atoms with E-state index in [0.29, 0.717) is 0 Å². The summed E-state index contributed by atoms with van der Waals surface area (Å²) in [5, 5.41) is 1.16. The molecule has 0 fully saturated rings. The van der Waals surface area contributed by atoms with Crippen LogP contribution in [0.25, 0.3) is 11.0 Å². The highest BCUT2D eigenvalue weighted by molar-refractivity contribution is 5.76. The monoisotopic (exact) mass is 136 g/mol. The minimum atomic E-state index is 0. The standard InChI is InChI=1S/C8H6O.H2O/c1-2-4-8-7(3-1)5-6-9-8;/h1-6H;1H2. The molecular formula is C8H8O2. The maximum atomic E-state index is 5.12. The molecule has 0 aliphatic rings. The van der Waals surface area contributed by atoms with Gasteiger partial charge in [-0.15, -0.1) is 0 Å². The molecule has 0 atom stereocenters. The van der Waals surface area contributed by atoms with Gasteiger partial charge in [0.1, 0.15) is 5.58 Å². The number of hydrogen-bond donors (Lipinski definition) is 0. The molecule has 0 radical (unpaired) electrons. The molecule has 2 N–H and O–H groups in total. The van der Waals surface area contributed by atoms with Crippen LogP contribution in [0, 0.1) is 0 Å². The Labute approximate surface area is 58.4 Å². The maximum Gasteiger partial charge on any atom is 0.133 e. The van der Waals surface area contributed by atoms with Crippen molar-refractivity contribution in [1.82, 2.24) is 0 Å². The summed E-state index contributed by atoms with van der Waals surface area (Å²) in [7, 11) is 0. The number of rotatable bonds is 0. The van der Waals surface area contributed by atoms with Crippen molar-refractivity contribution >= 4 is 11.0 Å². The molecule has 0 aliphatic heterocycles. The van der Waals surface area contributed by atoms with E-state index in [1.807, 2.05) is 30.3 Å². The summed E-state index contributed by atoms with van der Waals surface area (Å²) in [6, 6.07) is 9.90. The average molecular weight is 136 g/mol. The van der Waals surface area contributed by atoms with Crippen molar-refractivity contribution in [2.45, 2.75) is 0 Å². The SMILES string of the molecule is O.c1ccc2occc2c1. The van der Waals surface area contributed by atoms with Crippen LogP contribution in [0.3, 0.4) is 0 Å². The summed E-state index contributed by atoms with van der Waals surface area (Å²) in [5.74, 6) is 0. The third-order valence-electron chi connectivity index (χ3n) is 1.36. The highest BCUT2D eigenvalue weighted by atomic mass is 16.3. The molecule has 0 spiro atoms. The van der Waals surface area contributed by atoms with Crippen LogP contribution in [0.5, 0.6) is 0 Å². The molecule has 0 saturated heterocycles. The van der Waals surface area contributed by atoms with Gasteiger partial charge in [-0.05, 0) is 12.1 Å². The van der Waals surface area contributed by atoms with Crippen molar-refractivity contribution in [2.24, 2.45) is 0 Å². The van der Waals surface area contributed by atoms with E-state index in [4.69, 9.17) is 4.42 Å². The lowest BCUT2D eigenvalue weighted by atomic mass is 10.3. The minimum Gasteiger partial charge on any atom is -0.464 e. The molecule has 0 saturated carbocycles. The van der Waals surface area contributed by atoms with Gasteiger partial charge in [0.15, 0.2) is 0 Å². The normalized spacial score (nSPS) is 9.20. The lowest BCUT2D eigenvalue weighted by molar-refractivity contribution is 0.616. The summed E-state index contributed by atoms with van der Waals surface area (Å²) in [5.41, 5.74) is 0.956. The minimum absolute atomic E-state index is 0. The predicted molar refractivity (Wildman–Crippen MR) is 39.8 cm³/mol. The van der Waals surface area contributed by atoms with Crippen LogP contribution in [-0.2, 0) is 0 Å². The fourth-order valence-corrected chi connectivity index (χ4v) is 0.906. The zero-order valence-electron chi connectivity index (χ0n) is 5.37. The van der Waals surface area contributed by atoms with Crippen LogP contribution >= 0.6 is 0 Å². The zero-order chi connectivity index (χ0) is 6.10. The molecule has 52 valence electrons. The van der Waals surface area contributed by atoms with E-state index in [9.17, 15) is 0 Å². The van der Waals surface area contributed by atoms with Crippen molar-refractivity contribution in [2.75, 3.05) is 0 Å². The van der Waals surface area contributed by atoms with E-state index in [2.05, 4.69) is 0 Å². The molecule has 10 heavy (non-hydrogen) atoms.